The predicted molar refractivity (Wildman–Crippen MR) is 80.9 cm³/mol. The molecule has 20 heavy (non-hydrogen) atoms. The van der Waals surface area contributed by atoms with E-state index in [0.717, 1.165) is 25.3 Å². The Labute approximate surface area is 120 Å². The lowest BCUT2D eigenvalue weighted by Crippen LogP contribution is -2.27. The Morgan fingerprint density at radius 2 is 2.10 bits per heavy atom. The molecule has 0 spiro atoms. The first-order chi connectivity index (χ1) is 9.85. The van der Waals surface area contributed by atoms with E-state index >= 15 is 0 Å². The van der Waals surface area contributed by atoms with Gasteiger partial charge in [0.15, 0.2) is 0 Å². The van der Waals surface area contributed by atoms with E-state index in [1.54, 1.807) is 0 Å². The molecule has 0 saturated carbocycles. The maximum absolute atomic E-state index is 5.75. The van der Waals surface area contributed by atoms with Gasteiger partial charge in [0.2, 0.25) is 0 Å². The summed E-state index contributed by atoms with van der Waals surface area (Å²) in [4.78, 5) is 0. The first-order valence-corrected chi connectivity index (χ1v) is 7.27. The standard InChI is InChI=1S/C16H23N3O/c1-3-10-17-15(13-19-12-7-11-18-19)14-8-5-6-9-16(14)20-4-2/h5-9,11-12,15,17H,3-4,10,13H2,1-2H3. The zero-order chi connectivity index (χ0) is 14.2. The Morgan fingerprint density at radius 1 is 1.25 bits per heavy atom. The highest BCUT2D eigenvalue weighted by molar-refractivity contribution is 5.36. The summed E-state index contributed by atoms with van der Waals surface area (Å²) in [5.74, 6) is 0.954. The van der Waals surface area contributed by atoms with Gasteiger partial charge < -0.3 is 10.1 Å². The molecular formula is C16H23N3O. The Balaban J connectivity index is 2.20. The van der Waals surface area contributed by atoms with Crippen molar-refractivity contribution in [2.24, 2.45) is 0 Å². The van der Waals surface area contributed by atoms with Crippen LogP contribution in [-0.4, -0.2) is 22.9 Å². The van der Waals surface area contributed by atoms with Crippen LogP contribution in [0.5, 0.6) is 5.75 Å². The number of benzene rings is 1. The molecule has 0 saturated heterocycles. The predicted octanol–water partition coefficient (Wildman–Crippen LogP) is 3.02. The van der Waals surface area contributed by atoms with Gasteiger partial charge in [-0.25, -0.2) is 0 Å². The first-order valence-electron chi connectivity index (χ1n) is 7.27. The molecular weight excluding hydrogens is 250 g/mol. The molecule has 0 bridgehead atoms. The van der Waals surface area contributed by atoms with Crippen LogP contribution in [0.2, 0.25) is 0 Å². The van der Waals surface area contributed by atoms with Crippen LogP contribution in [0.25, 0.3) is 0 Å². The second kappa shape index (κ2) is 7.70. The molecule has 1 N–H and O–H groups in total. The molecule has 0 fully saturated rings. The van der Waals surface area contributed by atoms with Gasteiger partial charge in [-0.05, 0) is 32.0 Å². The highest BCUT2D eigenvalue weighted by Crippen LogP contribution is 2.26. The van der Waals surface area contributed by atoms with Gasteiger partial charge in [-0.2, -0.15) is 5.10 Å². The highest BCUT2D eigenvalue weighted by Gasteiger charge is 2.16. The normalized spacial score (nSPS) is 12.3. The zero-order valence-corrected chi connectivity index (χ0v) is 12.2. The second-order valence-electron chi connectivity index (χ2n) is 4.71. The third-order valence-corrected chi connectivity index (χ3v) is 3.16. The Morgan fingerprint density at radius 3 is 2.80 bits per heavy atom. The minimum Gasteiger partial charge on any atom is -0.494 e. The van der Waals surface area contributed by atoms with Crippen LogP contribution in [0.15, 0.2) is 42.7 Å². The molecule has 108 valence electrons. The van der Waals surface area contributed by atoms with E-state index in [9.17, 15) is 0 Å². The van der Waals surface area contributed by atoms with Gasteiger partial charge in [0.05, 0.1) is 19.2 Å². The van der Waals surface area contributed by atoms with Crippen LogP contribution in [0.1, 0.15) is 31.9 Å². The maximum Gasteiger partial charge on any atom is 0.124 e. The fourth-order valence-electron chi connectivity index (χ4n) is 2.24. The molecule has 4 heteroatoms. The summed E-state index contributed by atoms with van der Waals surface area (Å²) in [6.07, 6.45) is 4.90. The third-order valence-electron chi connectivity index (χ3n) is 3.16. The van der Waals surface area contributed by atoms with Crippen LogP contribution in [0, 0.1) is 0 Å². The molecule has 0 amide bonds. The van der Waals surface area contributed by atoms with E-state index in [4.69, 9.17) is 4.74 Å². The van der Waals surface area contributed by atoms with Gasteiger partial charge in [0.1, 0.15) is 5.75 Å². The second-order valence-corrected chi connectivity index (χ2v) is 4.71. The number of ether oxygens (including phenoxy) is 1. The van der Waals surface area contributed by atoms with Crippen LogP contribution in [-0.2, 0) is 6.54 Å². The van der Waals surface area contributed by atoms with E-state index in [0.29, 0.717) is 6.61 Å². The van der Waals surface area contributed by atoms with E-state index in [2.05, 4.69) is 29.5 Å². The fourth-order valence-corrected chi connectivity index (χ4v) is 2.24. The summed E-state index contributed by atoms with van der Waals surface area (Å²) >= 11 is 0. The lowest BCUT2D eigenvalue weighted by atomic mass is 10.1. The average molecular weight is 273 g/mol. The lowest BCUT2D eigenvalue weighted by molar-refractivity contribution is 0.326. The van der Waals surface area contributed by atoms with Crippen molar-refractivity contribution < 1.29 is 4.74 Å². The van der Waals surface area contributed by atoms with Gasteiger partial charge >= 0.3 is 0 Å². The van der Waals surface area contributed by atoms with Crippen molar-refractivity contribution in [1.82, 2.24) is 15.1 Å². The summed E-state index contributed by atoms with van der Waals surface area (Å²) in [7, 11) is 0. The zero-order valence-electron chi connectivity index (χ0n) is 12.2. The van der Waals surface area contributed by atoms with Gasteiger partial charge in [-0.15, -0.1) is 0 Å². The van der Waals surface area contributed by atoms with E-state index in [1.165, 1.54) is 5.56 Å². The minimum absolute atomic E-state index is 0.206. The molecule has 0 aliphatic heterocycles. The Hall–Kier alpha value is -1.81. The lowest BCUT2D eigenvalue weighted by Gasteiger charge is -2.21. The van der Waals surface area contributed by atoms with Gasteiger partial charge in [0.25, 0.3) is 0 Å². The number of rotatable bonds is 8. The number of hydrogen-bond donors (Lipinski definition) is 1. The first kappa shape index (κ1) is 14.6. The number of aromatic nitrogens is 2. The van der Waals surface area contributed by atoms with Crippen molar-refractivity contribution in [3.63, 3.8) is 0 Å². The van der Waals surface area contributed by atoms with E-state index in [-0.39, 0.29) is 6.04 Å². The molecule has 4 nitrogen and oxygen atoms in total. The SMILES string of the molecule is CCCNC(Cn1cccn1)c1ccccc1OCC. The average Bonchev–Trinajstić information content (AvgIpc) is 2.97. The molecule has 1 heterocycles. The molecule has 2 aromatic rings. The topological polar surface area (TPSA) is 39.1 Å². The summed E-state index contributed by atoms with van der Waals surface area (Å²) in [5, 5.41) is 7.88. The molecule has 1 aromatic heterocycles. The maximum atomic E-state index is 5.75. The van der Waals surface area contributed by atoms with E-state index < -0.39 is 0 Å². The van der Waals surface area contributed by atoms with Gasteiger partial charge in [-0.3, -0.25) is 4.68 Å². The minimum atomic E-state index is 0.206. The van der Waals surface area contributed by atoms with Gasteiger partial charge in [0, 0.05) is 18.0 Å². The molecule has 0 aliphatic rings. The largest absolute Gasteiger partial charge is 0.494 e. The van der Waals surface area contributed by atoms with Gasteiger partial charge in [-0.1, -0.05) is 25.1 Å². The van der Waals surface area contributed by atoms with Crippen molar-refractivity contribution in [3.8, 4) is 5.75 Å². The molecule has 1 aromatic carbocycles. The Kier molecular flexibility index (Phi) is 5.62. The van der Waals surface area contributed by atoms with Crippen LogP contribution < -0.4 is 10.1 Å². The summed E-state index contributed by atoms with van der Waals surface area (Å²) in [6.45, 7) is 6.65. The number of nitrogens with one attached hydrogen (secondary N) is 1. The van der Waals surface area contributed by atoms with Crippen molar-refractivity contribution in [3.05, 3.63) is 48.3 Å². The summed E-state index contributed by atoms with van der Waals surface area (Å²) in [6, 6.07) is 10.4. The summed E-state index contributed by atoms with van der Waals surface area (Å²) < 4.78 is 7.70. The van der Waals surface area contributed by atoms with Crippen LogP contribution in [0.4, 0.5) is 0 Å². The molecule has 2 rings (SSSR count). The molecule has 0 aliphatic carbocycles. The Bertz CT molecular complexity index is 496. The molecule has 0 radical (unpaired) electrons. The van der Waals surface area contributed by atoms with Crippen molar-refractivity contribution in [1.29, 1.82) is 0 Å². The quantitative estimate of drug-likeness (QED) is 0.803. The van der Waals surface area contributed by atoms with Crippen LogP contribution >= 0.6 is 0 Å². The molecule has 1 unspecified atom stereocenters. The van der Waals surface area contributed by atoms with Crippen molar-refractivity contribution >= 4 is 0 Å². The third kappa shape index (κ3) is 3.84. The highest BCUT2D eigenvalue weighted by atomic mass is 16.5. The van der Waals surface area contributed by atoms with Crippen molar-refractivity contribution in [2.75, 3.05) is 13.2 Å². The monoisotopic (exact) mass is 273 g/mol. The number of para-hydroxylation sites is 1. The van der Waals surface area contributed by atoms with E-state index in [1.807, 2.05) is 42.2 Å². The molecule has 1 atom stereocenters. The fraction of sp³-hybridized carbons (Fsp3) is 0.438. The summed E-state index contributed by atoms with van der Waals surface area (Å²) in [5.41, 5.74) is 1.19. The van der Waals surface area contributed by atoms with Crippen molar-refractivity contribution in [2.45, 2.75) is 32.9 Å². The smallest absolute Gasteiger partial charge is 0.124 e. The number of nitrogens with zero attached hydrogens (tertiary/aromatic N) is 2. The number of hydrogen-bond acceptors (Lipinski definition) is 3. The van der Waals surface area contributed by atoms with Crippen LogP contribution in [0.3, 0.4) is 0 Å².